The molecule has 0 saturated heterocycles. The lowest BCUT2D eigenvalue weighted by atomic mass is 9.84. The normalized spacial score (nSPS) is 18.7. The zero-order valence-corrected chi connectivity index (χ0v) is 17.6. The molecule has 5 nitrogen and oxygen atoms in total. The lowest BCUT2D eigenvalue weighted by Gasteiger charge is -2.31. The number of hydrogen-bond donors (Lipinski definition) is 2. The van der Waals surface area contributed by atoms with Crippen LogP contribution in [0, 0.1) is 12.8 Å². The highest BCUT2D eigenvalue weighted by Gasteiger charge is 2.25. The Balaban J connectivity index is 1.60. The summed E-state index contributed by atoms with van der Waals surface area (Å²) in [4.78, 5) is 24.4. The van der Waals surface area contributed by atoms with Crippen molar-refractivity contribution in [3.05, 3.63) is 58.6 Å². The molecule has 1 aliphatic rings. The number of nitrogens with one attached hydrogen (secondary N) is 2. The summed E-state index contributed by atoms with van der Waals surface area (Å²) in [6, 6.07) is 11.5. The number of carbonyl (C=O) groups is 2. The van der Waals surface area contributed by atoms with Crippen molar-refractivity contribution >= 4 is 29.2 Å². The van der Waals surface area contributed by atoms with Crippen LogP contribution in [0.1, 0.15) is 54.9 Å². The first-order valence-corrected chi connectivity index (χ1v) is 10.5. The molecule has 0 spiro atoms. The fourth-order valence-corrected chi connectivity index (χ4v) is 4.02. The van der Waals surface area contributed by atoms with Crippen LogP contribution in [0.4, 0.5) is 10.5 Å². The van der Waals surface area contributed by atoms with Crippen LogP contribution in [0.5, 0.6) is 5.75 Å². The van der Waals surface area contributed by atoms with Gasteiger partial charge in [0, 0.05) is 5.69 Å². The van der Waals surface area contributed by atoms with Gasteiger partial charge in [0.2, 0.25) is 0 Å². The summed E-state index contributed by atoms with van der Waals surface area (Å²) in [5.41, 5.74) is 1.79. The van der Waals surface area contributed by atoms with E-state index in [0.717, 1.165) is 24.2 Å². The van der Waals surface area contributed by atoms with Crippen LogP contribution in [0.3, 0.4) is 0 Å². The topological polar surface area (TPSA) is 67.4 Å². The number of aryl methyl sites for hydroxylation is 1. The van der Waals surface area contributed by atoms with E-state index in [4.69, 9.17) is 16.3 Å². The van der Waals surface area contributed by atoms with Crippen LogP contribution >= 0.6 is 11.6 Å². The second-order valence-corrected chi connectivity index (χ2v) is 7.88. The molecule has 3 rings (SSSR count). The quantitative estimate of drug-likeness (QED) is 0.634. The number of hydrogen-bond acceptors (Lipinski definition) is 3. The van der Waals surface area contributed by atoms with Crippen molar-refractivity contribution in [2.45, 2.75) is 52.1 Å². The molecule has 2 N–H and O–H groups in total. The lowest BCUT2D eigenvalue weighted by molar-refractivity contribution is 0.0897. The van der Waals surface area contributed by atoms with Gasteiger partial charge in [0.05, 0.1) is 10.6 Å². The van der Waals surface area contributed by atoms with Crippen molar-refractivity contribution in [1.29, 1.82) is 0 Å². The Morgan fingerprint density at radius 1 is 1.14 bits per heavy atom. The number of halogens is 1. The van der Waals surface area contributed by atoms with Crippen molar-refractivity contribution in [2.75, 3.05) is 5.32 Å². The molecule has 2 aromatic rings. The van der Waals surface area contributed by atoms with Crippen molar-refractivity contribution in [3.8, 4) is 5.75 Å². The molecule has 1 saturated carbocycles. The monoisotopic (exact) mass is 414 g/mol. The van der Waals surface area contributed by atoms with E-state index in [9.17, 15) is 9.59 Å². The molecule has 0 radical (unpaired) electrons. The minimum atomic E-state index is -0.610. The van der Waals surface area contributed by atoms with E-state index < -0.39 is 11.9 Å². The molecule has 154 valence electrons. The maximum Gasteiger partial charge on any atom is 0.326 e. The molecule has 6 heteroatoms. The Labute approximate surface area is 176 Å². The third kappa shape index (κ3) is 5.51. The highest BCUT2D eigenvalue weighted by atomic mass is 35.5. The largest absolute Gasteiger partial charge is 0.490 e. The molecule has 1 fully saturated rings. The average molecular weight is 415 g/mol. The lowest BCUT2D eigenvalue weighted by Crippen LogP contribution is -2.34. The van der Waals surface area contributed by atoms with Crippen LogP contribution in [0.15, 0.2) is 42.5 Å². The minimum absolute atomic E-state index is 0.252. The van der Waals surface area contributed by atoms with Gasteiger partial charge in [-0.15, -0.1) is 0 Å². The summed E-state index contributed by atoms with van der Waals surface area (Å²) in [7, 11) is 0. The first kappa shape index (κ1) is 21.2. The van der Waals surface area contributed by atoms with E-state index in [2.05, 4.69) is 17.6 Å². The maximum atomic E-state index is 12.2. The first-order valence-electron chi connectivity index (χ1n) is 10.1. The molecule has 0 aliphatic heterocycles. The molecule has 1 aliphatic carbocycles. The molecule has 0 aromatic heterocycles. The molecule has 3 amide bonds. The Hall–Kier alpha value is -2.53. The standard InChI is InChI=1S/C23H27ClN2O3/c1-3-16-8-4-7-11-21(16)29-20-13-12-17(14-15(20)2)25-23(28)26-22(27)18-9-5-6-10-19(18)24/h5-6,9-10,12-14,16,21H,3-4,7-8,11H2,1-2H3,(H2,25,26,27,28). The van der Waals surface area contributed by atoms with Gasteiger partial charge in [0.25, 0.3) is 5.91 Å². The molecular weight excluding hydrogens is 388 g/mol. The maximum absolute atomic E-state index is 12.2. The highest BCUT2D eigenvalue weighted by Crippen LogP contribution is 2.32. The SMILES string of the molecule is CCC1CCCCC1Oc1ccc(NC(=O)NC(=O)c2ccccc2Cl)cc1C. The van der Waals surface area contributed by atoms with Crippen LogP contribution in [0.2, 0.25) is 5.02 Å². The van der Waals surface area contributed by atoms with Gasteiger partial charge >= 0.3 is 6.03 Å². The first-order chi connectivity index (χ1) is 14.0. The minimum Gasteiger partial charge on any atom is -0.490 e. The van der Waals surface area contributed by atoms with Gasteiger partial charge in [0.15, 0.2) is 0 Å². The summed E-state index contributed by atoms with van der Waals surface area (Å²) < 4.78 is 6.29. The number of imide groups is 1. The number of urea groups is 1. The van der Waals surface area contributed by atoms with Gasteiger partial charge in [-0.1, -0.05) is 37.1 Å². The molecule has 0 heterocycles. The predicted octanol–water partition coefficient (Wildman–Crippen LogP) is 5.96. The van der Waals surface area contributed by atoms with Crippen LogP contribution in [-0.2, 0) is 0 Å². The number of ether oxygens (including phenoxy) is 1. The van der Waals surface area contributed by atoms with E-state index in [1.165, 1.54) is 19.3 Å². The highest BCUT2D eigenvalue weighted by molar-refractivity contribution is 6.34. The van der Waals surface area contributed by atoms with Gasteiger partial charge in [-0.3, -0.25) is 10.1 Å². The smallest absolute Gasteiger partial charge is 0.326 e. The fraction of sp³-hybridized carbons (Fsp3) is 0.391. The summed E-state index contributed by atoms with van der Waals surface area (Å²) in [5.74, 6) is 0.892. The Morgan fingerprint density at radius 2 is 1.90 bits per heavy atom. The summed E-state index contributed by atoms with van der Waals surface area (Å²) in [6.07, 6.45) is 6.18. The number of rotatable bonds is 5. The predicted molar refractivity (Wildman–Crippen MR) is 116 cm³/mol. The van der Waals surface area contributed by atoms with E-state index in [1.54, 1.807) is 30.3 Å². The van der Waals surface area contributed by atoms with Gasteiger partial charge in [0.1, 0.15) is 11.9 Å². The Morgan fingerprint density at radius 3 is 2.62 bits per heavy atom. The number of anilines is 1. The van der Waals surface area contributed by atoms with Crippen LogP contribution in [-0.4, -0.2) is 18.0 Å². The summed E-state index contributed by atoms with van der Waals surface area (Å²) >= 11 is 6.00. The van der Waals surface area contributed by atoms with Crippen molar-refractivity contribution in [2.24, 2.45) is 5.92 Å². The number of benzene rings is 2. The van der Waals surface area contributed by atoms with Crippen molar-refractivity contribution in [3.63, 3.8) is 0 Å². The molecular formula is C23H27ClN2O3. The summed E-state index contributed by atoms with van der Waals surface area (Å²) in [5, 5.41) is 5.27. The molecule has 2 atom stereocenters. The fourth-order valence-electron chi connectivity index (χ4n) is 3.80. The molecule has 0 bridgehead atoms. The second kappa shape index (κ2) is 9.79. The van der Waals surface area contributed by atoms with Crippen LogP contribution in [0.25, 0.3) is 0 Å². The molecule has 29 heavy (non-hydrogen) atoms. The second-order valence-electron chi connectivity index (χ2n) is 7.48. The molecule has 2 unspecified atom stereocenters. The molecule has 2 aromatic carbocycles. The third-order valence-corrected chi connectivity index (χ3v) is 5.75. The Kier molecular flexibility index (Phi) is 7.15. The van der Waals surface area contributed by atoms with Crippen LogP contribution < -0.4 is 15.4 Å². The van der Waals surface area contributed by atoms with E-state index >= 15 is 0 Å². The van der Waals surface area contributed by atoms with Crippen molar-refractivity contribution in [1.82, 2.24) is 5.32 Å². The third-order valence-electron chi connectivity index (χ3n) is 5.42. The Bertz CT molecular complexity index is 884. The number of carbonyl (C=O) groups excluding carboxylic acids is 2. The summed E-state index contributed by atoms with van der Waals surface area (Å²) in [6.45, 7) is 4.17. The van der Waals surface area contributed by atoms with Gasteiger partial charge in [-0.05, 0) is 74.4 Å². The zero-order chi connectivity index (χ0) is 20.8. The van der Waals surface area contributed by atoms with Gasteiger partial charge < -0.3 is 10.1 Å². The van der Waals surface area contributed by atoms with E-state index in [1.807, 2.05) is 19.1 Å². The number of amides is 3. The van der Waals surface area contributed by atoms with Gasteiger partial charge in [-0.25, -0.2) is 4.79 Å². The van der Waals surface area contributed by atoms with E-state index in [-0.39, 0.29) is 11.7 Å². The van der Waals surface area contributed by atoms with Gasteiger partial charge in [-0.2, -0.15) is 0 Å². The van der Waals surface area contributed by atoms with Crippen molar-refractivity contribution < 1.29 is 14.3 Å². The van der Waals surface area contributed by atoms with E-state index in [0.29, 0.717) is 16.6 Å². The zero-order valence-electron chi connectivity index (χ0n) is 16.8. The average Bonchev–Trinajstić information content (AvgIpc) is 2.70.